The Labute approximate surface area is 113 Å². The summed E-state index contributed by atoms with van der Waals surface area (Å²) in [4.78, 5) is 15.4. The van der Waals surface area contributed by atoms with Gasteiger partial charge in [0.15, 0.2) is 5.58 Å². The minimum atomic E-state index is -3.52. The first kappa shape index (κ1) is 12.9. The van der Waals surface area contributed by atoms with Gasteiger partial charge in [0.2, 0.25) is 9.84 Å². The van der Waals surface area contributed by atoms with Crippen LogP contribution in [0.4, 0.5) is 0 Å². The molecule has 0 spiro atoms. The molecule has 3 rings (SSSR count). The Bertz CT molecular complexity index is 981. The van der Waals surface area contributed by atoms with Gasteiger partial charge < -0.3 is 8.83 Å². The maximum absolute atomic E-state index is 11.8. The molecule has 0 saturated carbocycles. The van der Waals surface area contributed by atoms with Gasteiger partial charge in [-0.2, -0.15) is 4.98 Å². The van der Waals surface area contributed by atoms with E-state index >= 15 is 0 Å². The maximum Gasteiger partial charge on any atom is 0.336 e. The minimum absolute atomic E-state index is 0.0914. The number of fused-ring (bicyclic) bond motifs is 3. The Kier molecular flexibility index (Phi) is 2.68. The SMILES string of the molecule is CCS(=O)(=O)c1nc2c(ccc3oc(=O)cc(C)c32)o1. The highest BCUT2D eigenvalue weighted by atomic mass is 32.2. The number of hydrogen-bond acceptors (Lipinski definition) is 6. The van der Waals surface area contributed by atoms with Gasteiger partial charge in [0, 0.05) is 6.07 Å². The van der Waals surface area contributed by atoms with Crippen LogP contribution in [-0.2, 0) is 9.84 Å². The average Bonchev–Trinajstić information content (AvgIpc) is 2.82. The van der Waals surface area contributed by atoms with E-state index in [-0.39, 0.29) is 11.0 Å². The molecule has 0 N–H and O–H groups in total. The van der Waals surface area contributed by atoms with Crippen LogP contribution in [0, 0.1) is 6.92 Å². The molecule has 0 fully saturated rings. The lowest BCUT2D eigenvalue weighted by Crippen LogP contribution is -2.03. The monoisotopic (exact) mass is 293 g/mol. The molecular formula is C13H11NO5S. The standard InChI is InChI=1S/C13H11NO5S/c1-3-20(16,17)13-14-12-9(19-13)5-4-8-11(12)7(2)6-10(15)18-8/h4-6H,3H2,1-2H3. The van der Waals surface area contributed by atoms with Gasteiger partial charge in [-0.15, -0.1) is 0 Å². The summed E-state index contributed by atoms with van der Waals surface area (Å²) in [7, 11) is -3.52. The molecule has 104 valence electrons. The zero-order valence-corrected chi connectivity index (χ0v) is 11.7. The van der Waals surface area contributed by atoms with E-state index in [4.69, 9.17) is 8.83 Å². The predicted molar refractivity (Wildman–Crippen MR) is 72.5 cm³/mol. The van der Waals surface area contributed by atoms with E-state index in [1.165, 1.54) is 13.0 Å². The normalized spacial score (nSPS) is 12.3. The van der Waals surface area contributed by atoms with Crippen molar-refractivity contribution in [2.24, 2.45) is 0 Å². The van der Waals surface area contributed by atoms with Crippen molar-refractivity contribution in [3.05, 3.63) is 34.2 Å². The Hall–Kier alpha value is -2.15. The summed E-state index contributed by atoms with van der Waals surface area (Å²) in [5.74, 6) is -0.0914. The fourth-order valence-corrected chi connectivity index (χ4v) is 2.76. The van der Waals surface area contributed by atoms with Gasteiger partial charge in [0.05, 0.1) is 11.1 Å². The van der Waals surface area contributed by atoms with E-state index in [2.05, 4.69) is 4.98 Å². The number of aromatic nitrogens is 1. The van der Waals surface area contributed by atoms with Crippen LogP contribution in [0.1, 0.15) is 12.5 Å². The molecule has 0 amide bonds. The number of sulfone groups is 1. The second-order valence-electron chi connectivity index (χ2n) is 4.42. The lowest BCUT2D eigenvalue weighted by molar-refractivity contribution is 0.459. The van der Waals surface area contributed by atoms with E-state index in [1.807, 2.05) is 0 Å². The highest BCUT2D eigenvalue weighted by molar-refractivity contribution is 7.91. The second-order valence-corrected chi connectivity index (χ2v) is 6.57. The highest BCUT2D eigenvalue weighted by Crippen LogP contribution is 2.28. The quantitative estimate of drug-likeness (QED) is 0.671. The van der Waals surface area contributed by atoms with Crippen LogP contribution in [0.5, 0.6) is 0 Å². The first-order valence-corrected chi connectivity index (χ1v) is 7.64. The summed E-state index contributed by atoms with van der Waals surface area (Å²) < 4.78 is 34.0. The zero-order chi connectivity index (χ0) is 14.5. The Morgan fingerprint density at radius 3 is 2.60 bits per heavy atom. The van der Waals surface area contributed by atoms with Crippen molar-refractivity contribution >= 4 is 31.9 Å². The molecule has 2 heterocycles. The van der Waals surface area contributed by atoms with Crippen LogP contribution >= 0.6 is 0 Å². The Morgan fingerprint density at radius 2 is 1.90 bits per heavy atom. The van der Waals surface area contributed by atoms with E-state index in [0.717, 1.165) is 0 Å². The highest BCUT2D eigenvalue weighted by Gasteiger charge is 2.21. The number of rotatable bonds is 2. The molecule has 7 heteroatoms. The van der Waals surface area contributed by atoms with Crippen LogP contribution in [0.3, 0.4) is 0 Å². The topological polar surface area (TPSA) is 90.4 Å². The molecule has 6 nitrogen and oxygen atoms in total. The second kappa shape index (κ2) is 4.17. The van der Waals surface area contributed by atoms with Crippen LogP contribution in [-0.4, -0.2) is 19.2 Å². The molecule has 3 aromatic rings. The number of nitrogens with zero attached hydrogens (tertiary/aromatic N) is 1. The first-order chi connectivity index (χ1) is 9.42. The predicted octanol–water partition coefficient (Wildman–Crippen LogP) is 2.04. The van der Waals surface area contributed by atoms with Gasteiger partial charge in [-0.25, -0.2) is 13.2 Å². The smallest absolute Gasteiger partial charge is 0.336 e. The molecule has 0 radical (unpaired) electrons. The van der Waals surface area contributed by atoms with E-state index < -0.39 is 15.5 Å². The van der Waals surface area contributed by atoms with Crippen molar-refractivity contribution in [3.63, 3.8) is 0 Å². The van der Waals surface area contributed by atoms with E-state index in [1.54, 1.807) is 19.1 Å². The van der Waals surface area contributed by atoms with Crippen LogP contribution in [0.15, 0.2) is 37.1 Å². The van der Waals surface area contributed by atoms with Gasteiger partial charge in [0.1, 0.15) is 11.1 Å². The maximum atomic E-state index is 11.8. The van der Waals surface area contributed by atoms with Gasteiger partial charge in [0.25, 0.3) is 0 Å². The van der Waals surface area contributed by atoms with Crippen LogP contribution in [0.2, 0.25) is 0 Å². The summed E-state index contributed by atoms with van der Waals surface area (Å²) in [5.41, 5.74) is 1.29. The fraction of sp³-hybridized carbons (Fsp3) is 0.231. The van der Waals surface area contributed by atoms with Crippen LogP contribution < -0.4 is 5.63 Å². The molecular weight excluding hydrogens is 282 g/mol. The average molecular weight is 293 g/mol. The van der Waals surface area contributed by atoms with Gasteiger partial charge >= 0.3 is 10.8 Å². The molecule has 2 aromatic heterocycles. The van der Waals surface area contributed by atoms with E-state index in [9.17, 15) is 13.2 Å². The summed E-state index contributed by atoms with van der Waals surface area (Å²) in [6.07, 6.45) is 0. The number of aryl methyl sites for hydroxylation is 1. The summed E-state index contributed by atoms with van der Waals surface area (Å²) in [6, 6.07) is 4.45. The molecule has 0 atom stereocenters. The van der Waals surface area contributed by atoms with Crippen molar-refractivity contribution in [3.8, 4) is 0 Å². The molecule has 0 aliphatic rings. The molecule has 0 unspecified atom stereocenters. The van der Waals surface area contributed by atoms with Crippen molar-refractivity contribution in [2.75, 3.05) is 5.75 Å². The molecule has 0 saturated heterocycles. The largest absolute Gasteiger partial charge is 0.428 e. The number of benzene rings is 1. The number of oxazole rings is 1. The van der Waals surface area contributed by atoms with Gasteiger partial charge in [-0.1, -0.05) is 6.92 Å². The third kappa shape index (κ3) is 1.82. The summed E-state index contributed by atoms with van der Waals surface area (Å²) in [5, 5.41) is 0.275. The van der Waals surface area contributed by atoms with E-state index in [0.29, 0.717) is 27.6 Å². The van der Waals surface area contributed by atoms with Crippen molar-refractivity contribution in [2.45, 2.75) is 19.1 Å². The lowest BCUT2D eigenvalue weighted by Gasteiger charge is -1.99. The molecule has 0 aliphatic carbocycles. The third-order valence-electron chi connectivity index (χ3n) is 3.09. The van der Waals surface area contributed by atoms with Crippen LogP contribution in [0.25, 0.3) is 22.1 Å². The summed E-state index contributed by atoms with van der Waals surface area (Å²) in [6.45, 7) is 3.26. The molecule has 1 aromatic carbocycles. The Morgan fingerprint density at radius 1 is 1.20 bits per heavy atom. The molecule has 0 bridgehead atoms. The zero-order valence-electron chi connectivity index (χ0n) is 10.8. The van der Waals surface area contributed by atoms with Gasteiger partial charge in [-0.3, -0.25) is 0 Å². The van der Waals surface area contributed by atoms with Crippen molar-refractivity contribution in [1.29, 1.82) is 0 Å². The fourth-order valence-electron chi connectivity index (χ4n) is 2.06. The third-order valence-corrected chi connectivity index (χ3v) is 4.56. The number of hydrogen-bond donors (Lipinski definition) is 0. The first-order valence-electron chi connectivity index (χ1n) is 5.99. The minimum Gasteiger partial charge on any atom is -0.428 e. The lowest BCUT2D eigenvalue weighted by atomic mass is 10.1. The molecule has 20 heavy (non-hydrogen) atoms. The summed E-state index contributed by atoms with van der Waals surface area (Å²) >= 11 is 0. The van der Waals surface area contributed by atoms with Crippen molar-refractivity contribution in [1.82, 2.24) is 4.98 Å². The molecule has 0 aliphatic heterocycles. The van der Waals surface area contributed by atoms with Crippen molar-refractivity contribution < 1.29 is 17.3 Å². The Balaban J connectivity index is 2.46. The van der Waals surface area contributed by atoms with Gasteiger partial charge in [-0.05, 0) is 24.6 Å².